The summed E-state index contributed by atoms with van der Waals surface area (Å²) in [5.41, 5.74) is 3.07. The molecular weight excluding hydrogens is 450 g/mol. The molecule has 3 rings (SSSR count). The van der Waals surface area contributed by atoms with Crippen LogP contribution in [-0.4, -0.2) is 69.1 Å². The highest BCUT2D eigenvalue weighted by molar-refractivity contribution is 6.32. The van der Waals surface area contributed by atoms with E-state index in [4.69, 9.17) is 30.5 Å². The molecule has 0 aliphatic carbocycles. The molecule has 0 saturated carbocycles. The topological polar surface area (TPSA) is 98.7 Å². The maximum atomic E-state index is 12.3. The quantitative estimate of drug-likeness (QED) is 0.419. The molecule has 1 fully saturated rings. The number of morpholine rings is 1. The molecule has 176 valence electrons. The molecule has 9 nitrogen and oxygen atoms in total. The van der Waals surface area contributed by atoms with Crippen LogP contribution in [0.1, 0.15) is 12.5 Å². The highest BCUT2D eigenvalue weighted by atomic mass is 35.5. The van der Waals surface area contributed by atoms with Crippen molar-refractivity contribution in [3.63, 3.8) is 0 Å². The molecule has 2 amide bonds. The third kappa shape index (κ3) is 7.65. The van der Waals surface area contributed by atoms with Crippen molar-refractivity contribution in [3.05, 3.63) is 53.1 Å². The lowest BCUT2D eigenvalue weighted by atomic mass is 10.2. The van der Waals surface area contributed by atoms with Gasteiger partial charge < -0.3 is 23.8 Å². The number of hydrogen-bond donors (Lipinski definition) is 1. The molecule has 0 spiro atoms. The molecule has 1 aliphatic heterocycles. The van der Waals surface area contributed by atoms with Gasteiger partial charge in [-0.15, -0.1) is 0 Å². The zero-order chi connectivity index (χ0) is 23.5. The van der Waals surface area contributed by atoms with Crippen molar-refractivity contribution in [2.75, 3.05) is 46.1 Å². The van der Waals surface area contributed by atoms with Crippen molar-refractivity contribution < 1.29 is 28.5 Å². The van der Waals surface area contributed by atoms with Gasteiger partial charge in [0.1, 0.15) is 5.75 Å². The van der Waals surface area contributed by atoms with Crippen molar-refractivity contribution in [3.8, 4) is 17.2 Å². The second-order valence-corrected chi connectivity index (χ2v) is 7.34. The Bertz CT molecular complexity index is 978. The predicted molar refractivity (Wildman–Crippen MR) is 123 cm³/mol. The summed E-state index contributed by atoms with van der Waals surface area (Å²) in [5, 5.41) is 4.36. The zero-order valence-corrected chi connectivity index (χ0v) is 19.0. The third-order valence-corrected chi connectivity index (χ3v) is 4.89. The van der Waals surface area contributed by atoms with Crippen LogP contribution in [-0.2, 0) is 14.3 Å². The molecule has 0 unspecified atom stereocenters. The fourth-order valence-corrected chi connectivity index (χ4v) is 3.14. The van der Waals surface area contributed by atoms with E-state index in [1.165, 1.54) is 6.21 Å². The van der Waals surface area contributed by atoms with Crippen LogP contribution >= 0.6 is 11.6 Å². The Morgan fingerprint density at radius 2 is 1.82 bits per heavy atom. The van der Waals surface area contributed by atoms with E-state index >= 15 is 0 Å². The minimum Gasteiger partial charge on any atom is -0.490 e. The summed E-state index contributed by atoms with van der Waals surface area (Å²) in [5.74, 6) is 0.811. The summed E-state index contributed by atoms with van der Waals surface area (Å²) < 4.78 is 21.9. The Labute approximate surface area is 197 Å². The van der Waals surface area contributed by atoms with Crippen LogP contribution in [0.15, 0.2) is 47.6 Å². The van der Waals surface area contributed by atoms with E-state index in [0.29, 0.717) is 60.7 Å². The lowest BCUT2D eigenvalue weighted by Crippen LogP contribution is -2.43. The van der Waals surface area contributed by atoms with Gasteiger partial charge >= 0.3 is 0 Å². The van der Waals surface area contributed by atoms with E-state index in [-0.39, 0.29) is 19.1 Å². The molecule has 1 aliphatic rings. The molecule has 10 heteroatoms. The summed E-state index contributed by atoms with van der Waals surface area (Å²) in [6.45, 7) is 4.15. The van der Waals surface area contributed by atoms with Gasteiger partial charge in [0.2, 0.25) is 0 Å². The van der Waals surface area contributed by atoms with Gasteiger partial charge in [-0.25, -0.2) is 5.43 Å². The van der Waals surface area contributed by atoms with Gasteiger partial charge in [-0.3, -0.25) is 9.59 Å². The Morgan fingerprint density at radius 3 is 2.58 bits per heavy atom. The van der Waals surface area contributed by atoms with Crippen molar-refractivity contribution in [2.24, 2.45) is 5.10 Å². The summed E-state index contributed by atoms with van der Waals surface area (Å²) in [7, 11) is 0. The number of nitrogens with zero attached hydrogens (tertiary/aromatic N) is 2. The molecule has 1 heterocycles. The molecule has 2 aromatic rings. The van der Waals surface area contributed by atoms with Crippen LogP contribution < -0.4 is 19.6 Å². The Morgan fingerprint density at radius 1 is 1.06 bits per heavy atom. The number of benzene rings is 2. The monoisotopic (exact) mass is 475 g/mol. The Hall–Kier alpha value is -3.30. The van der Waals surface area contributed by atoms with E-state index in [1.54, 1.807) is 47.4 Å². The van der Waals surface area contributed by atoms with Crippen molar-refractivity contribution in [1.82, 2.24) is 10.3 Å². The van der Waals surface area contributed by atoms with Gasteiger partial charge in [-0.05, 0) is 42.8 Å². The maximum absolute atomic E-state index is 12.3. The normalized spacial score (nSPS) is 13.6. The van der Waals surface area contributed by atoms with Gasteiger partial charge in [0.15, 0.2) is 24.7 Å². The average Bonchev–Trinajstić information content (AvgIpc) is 2.83. The number of ether oxygens (including phenoxy) is 4. The molecule has 0 bridgehead atoms. The van der Waals surface area contributed by atoms with E-state index in [2.05, 4.69) is 10.5 Å². The first kappa shape index (κ1) is 24.3. The van der Waals surface area contributed by atoms with Crippen LogP contribution in [0, 0.1) is 0 Å². The molecule has 2 aromatic carbocycles. The first-order valence-corrected chi connectivity index (χ1v) is 10.9. The minimum absolute atomic E-state index is 0.0883. The average molecular weight is 476 g/mol. The number of carbonyl (C=O) groups excluding carboxylic acids is 2. The molecule has 0 atom stereocenters. The summed E-state index contributed by atoms with van der Waals surface area (Å²) in [4.78, 5) is 26.0. The predicted octanol–water partition coefficient (Wildman–Crippen LogP) is 2.51. The summed E-state index contributed by atoms with van der Waals surface area (Å²) >= 11 is 5.99. The number of para-hydroxylation sites is 1. The lowest BCUT2D eigenvalue weighted by Gasteiger charge is -2.26. The third-order valence-electron chi connectivity index (χ3n) is 4.58. The highest BCUT2D eigenvalue weighted by Gasteiger charge is 2.18. The number of halogens is 1. The van der Waals surface area contributed by atoms with Gasteiger partial charge in [-0.1, -0.05) is 23.7 Å². The molecule has 0 radical (unpaired) electrons. The van der Waals surface area contributed by atoms with E-state index < -0.39 is 5.91 Å². The molecule has 1 saturated heterocycles. The fraction of sp³-hybridized carbons (Fsp3) is 0.348. The highest BCUT2D eigenvalue weighted by Crippen LogP contribution is 2.28. The van der Waals surface area contributed by atoms with Crippen LogP contribution in [0.5, 0.6) is 17.2 Å². The first-order chi connectivity index (χ1) is 16.1. The first-order valence-electron chi connectivity index (χ1n) is 10.5. The van der Waals surface area contributed by atoms with E-state index in [0.717, 1.165) is 0 Å². The number of nitrogens with one attached hydrogen (secondary N) is 1. The van der Waals surface area contributed by atoms with Gasteiger partial charge in [0, 0.05) is 13.1 Å². The van der Waals surface area contributed by atoms with Crippen LogP contribution in [0.4, 0.5) is 0 Å². The number of rotatable bonds is 10. The number of hydrogen-bond acceptors (Lipinski definition) is 7. The van der Waals surface area contributed by atoms with Crippen LogP contribution in [0.3, 0.4) is 0 Å². The lowest BCUT2D eigenvalue weighted by molar-refractivity contribution is -0.137. The molecular formula is C23H26ClN3O6. The minimum atomic E-state index is -0.433. The van der Waals surface area contributed by atoms with Gasteiger partial charge in [0.05, 0.1) is 31.1 Å². The fourth-order valence-electron chi connectivity index (χ4n) is 2.95. The van der Waals surface area contributed by atoms with Crippen LogP contribution in [0.2, 0.25) is 5.02 Å². The second kappa shape index (κ2) is 12.7. The van der Waals surface area contributed by atoms with Gasteiger partial charge in [0.25, 0.3) is 11.8 Å². The van der Waals surface area contributed by atoms with Gasteiger partial charge in [-0.2, -0.15) is 5.10 Å². The molecule has 33 heavy (non-hydrogen) atoms. The maximum Gasteiger partial charge on any atom is 0.277 e. The van der Waals surface area contributed by atoms with E-state index in [9.17, 15) is 9.59 Å². The van der Waals surface area contributed by atoms with Crippen molar-refractivity contribution in [2.45, 2.75) is 6.92 Å². The largest absolute Gasteiger partial charge is 0.490 e. The van der Waals surface area contributed by atoms with Crippen molar-refractivity contribution in [1.29, 1.82) is 0 Å². The molecule has 1 N–H and O–H groups in total. The summed E-state index contributed by atoms with van der Waals surface area (Å²) in [6, 6.07) is 12.0. The van der Waals surface area contributed by atoms with Crippen molar-refractivity contribution >= 4 is 29.6 Å². The zero-order valence-electron chi connectivity index (χ0n) is 18.3. The number of amides is 2. The van der Waals surface area contributed by atoms with Crippen LogP contribution in [0.25, 0.3) is 0 Å². The SMILES string of the molecule is CCOc1cc(/C=N/NC(=O)COc2ccccc2Cl)ccc1OCC(=O)N1CCOCC1. The standard InChI is InChI=1S/C23H26ClN3O6/c1-2-31-21-13-17(7-8-20(21)33-16-23(29)27-9-11-30-12-10-27)14-25-26-22(28)15-32-19-6-4-3-5-18(19)24/h3-8,13-14H,2,9-12,15-16H2,1H3,(H,26,28)/b25-14+. The second-order valence-electron chi connectivity index (χ2n) is 6.93. The molecule has 0 aromatic heterocycles. The summed E-state index contributed by atoms with van der Waals surface area (Å²) in [6.07, 6.45) is 1.47. The Balaban J connectivity index is 1.52. The number of hydrazone groups is 1. The smallest absolute Gasteiger partial charge is 0.277 e. The Kier molecular flexibility index (Phi) is 9.34. The number of carbonyl (C=O) groups is 2. The van der Waals surface area contributed by atoms with E-state index in [1.807, 2.05) is 6.92 Å².